The molecule has 1 rings (SSSR count). The van der Waals surface area contributed by atoms with Crippen LogP contribution in [0.3, 0.4) is 0 Å². The summed E-state index contributed by atoms with van der Waals surface area (Å²) >= 11 is 0. The second kappa shape index (κ2) is 4.64. The number of ether oxygens (including phenoxy) is 1. The van der Waals surface area contributed by atoms with E-state index < -0.39 is 5.97 Å². The molecule has 1 aromatic rings. The lowest BCUT2D eigenvalue weighted by molar-refractivity contribution is 0.0690. The first-order valence-electron chi connectivity index (χ1n) is 4.41. The van der Waals surface area contributed by atoms with Gasteiger partial charge in [-0.3, -0.25) is 0 Å². The second-order valence-corrected chi connectivity index (χ2v) is 3.33. The Kier molecular flexibility index (Phi) is 3.50. The number of carbonyl (C=O) groups is 1. The van der Waals surface area contributed by atoms with Crippen molar-refractivity contribution < 1.29 is 19.1 Å². The molecule has 1 N–H and O–H groups in total. The van der Waals surface area contributed by atoms with Crippen LogP contribution in [-0.4, -0.2) is 22.7 Å². The van der Waals surface area contributed by atoms with Crippen LogP contribution in [0.25, 0.3) is 0 Å². The zero-order valence-corrected chi connectivity index (χ0v) is 8.19. The molecule has 78 valence electrons. The van der Waals surface area contributed by atoms with E-state index in [0.29, 0.717) is 12.5 Å². The van der Waals surface area contributed by atoms with Crippen molar-refractivity contribution in [2.75, 3.05) is 6.61 Å². The van der Waals surface area contributed by atoms with Crippen LogP contribution in [0.2, 0.25) is 0 Å². The van der Waals surface area contributed by atoms with E-state index in [1.54, 1.807) is 0 Å². The van der Waals surface area contributed by atoms with E-state index in [1.165, 1.54) is 0 Å². The van der Waals surface area contributed by atoms with Crippen molar-refractivity contribution in [3.05, 3.63) is 12.0 Å². The zero-order valence-electron chi connectivity index (χ0n) is 8.19. The molecule has 0 radical (unpaired) electrons. The average molecular weight is 199 g/mol. The Bertz CT molecular complexity index is 306. The van der Waals surface area contributed by atoms with Crippen molar-refractivity contribution in [3.8, 4) is 6.08 Å². The molecule has 1 heterocycles. The van der Waals surface area contributed by atoms with Crippen molar-refractivity contribution in [1.29, 1.82) is 0 Å². The lowest BCUT2D eigenvalue weighted by Crippen LogP contribution is -2.02. The smallest absolute Gasteiger partial charge is 0.394 e. The summed E-state index contributed by atoms with van der Waals surface area (Å²) in [6, 6.07) is 0. The summed E-state index contributed by atoms with van der Waals surface area (Å²) in [5.41, 5.74) is -0.135. The highest BCUT2D eigenvalue weighted by Gasteiger charge is 2.10. The van der Waals surface area contributed by atoms with Gasteiger partial charge in [0.05, 0.1) is 6.61 Å². The summed E-state index contributed by atoms with van der Waals surface area (Å²) in [5.74, 6) is -0.587. The number of aromatic nitrogens is 1. The lowest BCUT2D eigenvalue weighted by Gasteiger charge is -2.03. The number of carboxylic acids is 1. The van der Waals surface area contributed by atoms with E-state index in [9.17, 15) is 4.79 Å². The van der Waals surface area contributed by atoms with Crippen molar-refractivity contribution in [3.63, 3.8) is 0 Å². The van der Waals surface area contributed by atoms with E-state index in [1.807, 2.05) is 0 Å². The van der Waals surface area contributed by atoms with Gasteiger partial charge in [-0.2, -0.15) is 4.98 Å². The molecular formula is C9H13NO4. The van der Waals surface area contributed by atoms with Gasteiger partial charge in [0.1, 0.15) is 6.26 Å². The Balaban J connectivity index is 2.40. The Morgan fingerprint density at radius 1 is 1.71 bits per heavy atom. The molecule has 0 saturated carbocycles. The Labute approximate surface area is 81.7 Å². The molecule has 0 fully saturated rings. The fourth-order valence-corrected chi connectivity index (χ4v) is 0.804. The maximum atomic E-state index is 10.4. The number of carboxylic acid groups (broad SMARTS) is 1. The van der Waals surface area contributed by atoms with Crippen LogP contribution < -0.4 is 4.74 Å². The molecule has 0 amide bonds. The predicted octanol–water partition coefficient (Wildman–Crippen LogP) is 1.80. The first-order chi connectivity index (χ1) is 6.59. The number of aromatic carboxylic acids is 1. The highest BCUT2D eigenvalue weighted by molar-refractivity contribution is 5.84. The molecule has 0 aliphatic heterocycles. The zero-order chi connectivity index (χ0) is 10.6. The predicted molar refractivity (Wildman–Crippen MR) is 48.4 cm³/mol. The van der Waals surface area contributed by atoms with Crippen molar-refractivity contribution >= 4 is 5.97 Å². The molecule has 0 aliphatic rings. The minimum absolute atomic E-state index is 0.0167. The van der Waals surface area contributed by atoms with Gasteiger partial charge < -0.3 is 14.3 Å². The third kappa shape index (κ3) is 3.08. The Morgan fingerprint density at radius 3 is 2.93 bits per heavy atom. The topological polar surface area (TPSA) is 72.6 Å². The molecule has 5 nitrogen and oxygen atoms in total. The van der Waals surface area contributed by atoms with Gasteiger partial charge in [0.25, 0.3) is 0 Å². The van der Waals surface area contributed by atoms with Crippen LogP contribution in [0, 0.1) is 5.92 Å². The van der Waals surface area contributed by atoms with Gasteiger partial charge in [0.2, 0.25) is 0 Å². The SMILES string of the molecule is CC(C)CCOc1nc(C(=O)O)co1. The molecule has 0 atom stereocenters. The van der Waals surface area contributed by atoms with E-state index in [2.05, 4.69) is 18.8 Å². The molecule has 5 heteroatoms. The van der Waals surface area contributed by atoms with Gasteiger partial charge in [0.15, 0.2) is 5.69 Å². The first kappa shape index (κ1) is 10.6. The Morgan fingerprint density at radius 2 is 2.43 bits per heavy atom. The van der Waals surface area contributed by atoms with Crippen molar-refractivity contribution in [1.82, 2.24) is 4.98 Å². The summed E-state index contributed by atoms with van der Waals surface area (Å²) in [4.78, 5) is 14.0. The number of hydrogen-bond acceptors (Lipinski definition) is 4. The van der Waals surface area contributed by atoms with Crippen LogP contribution >= 0.6 is 0 Å². The maximum absolute atomic E-state index is 10.4. The van der Waals surface area contributed by atoms with Crippen molar-refractivity contribution in [2.24, 2.45) is 5.92 Å². The normalized spacial score (nSPS) is 10.5. The second-order valence-electron chi connectivity index (χ2n) is 3.33. The molecular weight excluding hydrogens is 186 g/mol. The van der Waals surface area contributed by atoms with Gasteiger partial charge in [-0.1, -0.05) is 13.8 Å². The Hall–Kier alpha value is -1.52. The van der Waals surface area contributed by atoms with Gasteiger partial charge in [-0.25, -0.2) is 4.79 Å². The van der Waals surface area contributed by atoms with E-state index in [4.69, 9.17) is 14.3 Å². The lowest BCUT2D eigenvalue weighted by atomic mass is 10.1. The van der Waals surface area contributed by atoms with E-state index in [0.717, 1.165) is 12.7 Å². The van der Waals surface area contributed by atoms with Crippen molar-refractivity contribution in [2.45, 2.75) is 20.3 Å². The van der Waals surface area contributed by atoms with Gasteiger partial charge in [-0.15, -0.1) is 0 Å². The van der Waals surface area contributed by atoms with Crippen LogP contribution in [0.1, 0.15) is 30.8 Å². The highest BCUT2D eigenvalue weighted by atomic mass is 16.6. The number of oxazole rings is 1. The number of hydrogen-bond donors (Lipinski definition) is 1. The fourth-order valence-electron chi connectivity index (χ4n) is 0.804. The average Bonchev–Trinajstić information content (AvgIpc) is 2.52. The van der Waals surface area contributed by atoms with Crippen LogP contribution in [0.15, 0.2) is 10.7 Å². The van der Waals surface area contributed by atoms with Gasteiger partial charge in [-0.05, 0) is 12.3 Å². The third-order valence-electron chi connectivity index (χ3n) is 1.62. The van der Waals surface area contributed by atoms with Crippen LogP contribution in [0.4, 0.5) is 0 Å². The fraction of sp³-hybridized carbons (Fsp3) is 0.556. The summed E-state index contributed by atoms with van der Waals surface area (Å²) in [7, 11) is 0. The highest BCUT2D eigenvalue weighted by Crippen LogP contribution is 2.11. The molecule has 0 aromatic carbocycles. The summed E-state index contributed by atoms with van der Waals surface area (Å²) < 4.78 is 9.90. The minimum Gasteiger partial charge on any atom is -0.476 e. The monoisotopic (exact) mass is 199 g/mol. The number of nitrogens with zero attached hydrogens (tertiary/aromatic N) is 1. The van der Waals surface area contributed by atoms with Gasteiger partial charge >= 0.3 is 12.0 Å². The van der Waals surface area contributed by atoms with Gasteiger partial charge in [0, 0.05) is 0 Å². The third-order valence-corrected chi connectivity index (χ3v) is 1.62. The number of rotatable bonds is 5. The largest absolute Gasteiger partial charge is 0.476 e. The first-order valence-corrected chi connectivity index (χ1v) is 4.41. The molecule has 0 saturated heterocycles. The molecule has 0 unspecified atom stereocenters. The molecule has 0 spiro atoms. The summed E-state index contributed by atoms with van der Waals surface area (Å²) in [6.45, 7) is 4.63. The molecule has 1 aromatic heterocycles. The van der Waals surface area contributed by atoms with E-state index >= 15 is 0 Å². The quantitative estimate of drug-likeness (QED) is 0.782. The summed E-state index contributed by atoms with van der Waals surface area (Å²) in [6.07, 6.45) is 1.96. The van der Waals surface area contributed by atoms with E-state index in [-0.39, 0.29) is 11.8 Å². The summed E-state index contributed by atoms with van der Waals surface area (Å²) in [5, 5.41) is 8.53. The minimum atomic E-state index is -1.12. The maximum Gasteiger partial charge on any atom is 0.394 e. The standard InChI is InChI=1S/C9H13NO4/c1-6(2)3-4-13-9-10-7(5-14-9)8(11)12/h5-6H,3-4H2,1-2H3,(H,11,12). The molecule has 14 heavy (non-hydrogen) atoms. The molecule has 0 aliphatic carbocycles. The van der Waals surface area contributed by atoms with Crippen LogP contribution in [-0.2, 0) is 0 Å². The molecule has 0 bridgehead atoms. The van der Waals surface area contributed by atoms with Crippen LogP contribution in [0.5, 0.6) is 6.08 Å².